The van der Waals surface area contributed by atoms with Crippen molar-refractivity contribution in [3.05, 3.63) is 65.0 Å². The van der Waals surface area contributed by atoms with Gasteiger partial charge in [-0.1, -0.05) is 24.3 Å². The number of unbranched alkanes of at least 4 members (excludes halogenated alkanes) is 1. The maximum absolute atomic E-state index is 6.03. The van der Waals surface area contributed by atoms with Crippen LogP contribution in [0.2, 0.25) is 0 Å². The molecule has 3 rings (SSSR count). The summed E-state index contributed by atoms with van der Waals surface area (Å²) in [6.45, 7) is 0.529. The number of methoxy groups -OCH3 is 4. The van der Waals surface area contributed by atoms with E-state index in [2.05, 4.69) is 47.6 Å². The van der Waals surface area contributed by atoms with Gasteiger partial charge < -0.3 is 23.7 Å². The van der Waals surface area contributed by atoms with Crippen molar-refractivity contribution in [1.82, 2.24) is 14.9 Å². The van der Waals surface area contributed by atoms with Crippen molar-refractivity contribution in [2.24, 2.45) is 0 Å². The zero-order valence-electron chi connectivity index (χ0n) is 26.4. The Morgan fingerprint density at radius 2 is 1.23 bits per heavy atom. The average Bonchev–Trinajstić information content (AvgIpc) is 3.01. The van der Waals surface area contributed by atoms with E-state index >= 15 is 0 Å². The van der Waals surface area contributed by atoms with Gasteiger partial charge in [0.1, 0.15) is 0 Å². The maximum Gasteiger partial charge on any atom is 0.317 e. The van der Waals surface area contributed by atoms with Gasteiger partial charge in [-0.25, -0.2) is 0 Å². The highest BCUT2D eigenvalue weighted by atomic mass is 32.2. The monoisotopic (exact) mass is 607 g/mol. The summed E-state index contributed by atoms with van der Waals surface area (Å²) in [7, 11) is 14.7. The van der Waals surface area contributed by atoms with Gasteiger partial charge in [-0.2, -0.15) is 9.97 Å². The van der Waals surface area contributed by atoms with Crippen LogP contribution in [0.1, 0.15) is 35.4 Å². The van der Waals surface area contributed by atoms with Crippen molar-refractivity contribution < 1.29 is 28.3 Å². The normalized spacial score (nSPS) is 11.1. The average molecular weight is 608 g/mol. The summed E-state index contributed by atoms with van der Waals surface area (Å²) in [5.41, 5.74) is 3.34. The van der Waals surface area contributed by atoms with Gasteiger partial charge in [-0.3, -0.25) is 9.48 Å². The number of thioether (sulfide) groups is 1. The number of amidine groups is 1. The van der Waals surface area contributed by atoms with Crippen LogP contribution in [0.25, 0.3) is 24.3 Å². The van der Waals surface area contributed by atoms with Crippen LogP contribution in [0.15, 0.2) is 42.5 Å². The fraction of sp³-hybridized carbons (Fsp3) is 0.364. The molecule has 0 saturated carbocycles. The number of hydrogen-bond acceptors (Lipinski definition) is 8. The quantitative estimate of drug-likeness (QED) is 0.0959. The molecule has 3 aromatic rings. The van der Waals surface area contributed by atoms with E-state index in [-0.39, 0.29) is 0 Å². The summed E-state index contributed by atoms with van der Waals surface area (Å²) in [5, 5.41) is 1.23. The third-order valence-corrected chi connectivity index (χ3v) is 7.70. The van der Waals surface area contributed by atoms with Crippen molar-refractivity contribution in [2.45, 2.75) is 12.8 Å². The van der Waals surface area contributed by atoms with Gasteiger partial charge in [0.05, 0.1) is 74.6 Å². The van der Waals surface area contributed by atoms with Crippen LogP contribution in [0.3, 0.4) is 0 Å². The lowest BCUT2D eigenvalue weighted by atomic mass is 10.1. The molecule has 0 spiro atoms. The smallest absolute Gasteiger partial charge is 0.317 e. The molecule has 0 unspecified atom stereocenters. The summed E-state index contributed by atoms with van der Waals surface area (Å²) in [4.78, 5) is 11.4. The first-order chi connectivity index (χ1) is 20.8. The zero-order chi connectivity index (χ0) is 31.2. The highest BCUT2D eigenvalue weighted by Gasteiger charge is 2.12. The summed E-state index contributed by atoms with van der Waals surface area (Å²) in [6, 6.07) is 13.8. The van der Waals surface area contributed by atoms with Crippen LogP contribution in [-0.2, 0) is 0 Å². The van der Waals surface area contributed by atoms with E-state index in [1.807, 2.05) is 78.5 Å². The minimum absolute atomic E-state index is 0.336. The molecular formula is C33H43N4O5S+. The molecule has 0 fully saturated rings. The lowest BCUT2D eigenvalue weighted by Crippen LogP contribution is -2.27. The fourth-order valence-electron chi connectivity index (χ4n) is 4.16. The van der Waals surface area contributed by atoms with E-state index in [0.29, 0.717) is 35.6 Å². The molecule has 0 radical (unpaired) electrons. The topological polar surface area (TPSA) is 78.2 Å². The predicted molar refractivity (Wildman–Crippen MR) is 177 cm³/mol. The van der Waals surface area contributed by atoms with Crippen LogP contribution in [0, 0.1) is 0 Å². The number of aromatic nitrogens is 2. The van der Waals surface area contributed by atoms with Gasteiger partial charge in [0.2, 0.25) is 0 Å². The third kappa shape index (κ3) is 10.2. The molecule has 0 atom stereocenters. The molecule has 0 N–H and O–H groups in total. The number of ether oxygens (including phenoxy) is 5. The lowest BCUT2D eigenvalue weighted by Gasteiger charge is -2.10. The van der Waals surface area contributed by atoms with Crippen LogP contribution >= 0.6 is 11.8 Å². The highest BCUT2D eigenvalue weighted by Crippen LogP contribution is 2.29. The highest BCUT2D eigenvalue weighted by molar-refractivity contribution is 8.13. The molecule has 0 aliphatic rings. The Hall–Kier alpha value is -4.18. The zero-order valence-corrected chi connectivity index (χ0v) is 27.2. The largest absolute Gasteiger partial charge is 0.493 e. The molecule has 2 aromatic carbocycles. The standard InChI is InChI=1S/C33H43N4O5S/c1-36(2)33(37(3)4)43-20-10-9-19-42-32-34-26(15-11-24-13-17-28(38-5)30(21-24)40-7)23-27(35-32)16-12-25-14-18-29(39-6)31(22-25)41-8/h11-18,21-23H,9-10,19-20H2,1-8H3/q+1/b15-11+,16-12+. The van der Waals surface area contributed by atoms with Gasteiger partial charge in [-0.05, 0) is 78.2 Å². The Bertz CT molecular complexity index is 1350. The Labute approximate surface area is 259 Å². The Kier molecular flexibility index (Phi) is 13.2. The van der Waals surface area contributed by atoms with Gasteiger partial charge in [-0.15, -0.1) is 0 Å². The Morgan fingerprint density at radius 1 is 0.721 bits per heavy atom. The number of nitrogens with zero attached hydrogens (tertiary/aromatic N) is 4. The van der Waals surface area contributed by atoms with E-state index in [0.717, 1.165) is 41.1 Å². The Morgan fingerprint density at radius 3 is 1.67 bits per heavy atom. The maximum atomic E-state index is 6.03. The van der Waals surface area contributed by atoms with Gasteiger partial charge in [0.15, 0.2) is 23.0 Å². The third-order valence-electron chi connectivity index (χ3n) is 6.22. The second-order valence-electron chi connectivity index (χ2n) is 9.87. The van der Waals surface area contributed by atoms with Crippen LogP contribution < -0.4 is 23.7 Å². The van der Waals surface area contributed by atoms with E-state index in [1.54, 1.807) is 28.4 Å². The van der Waals surface area contributed by atoms with Crippen molar-refractivity contribution in [3.63, 3.8) is 0 Å². The summed E-state index contributed by atoms with van der Waals surface area (Å²) >= 11 is 1.84. The first-order valence-electron chi connectivity index (χ1n) is 13.9. The van der Waals surface area contributed by atoms with E-state index in [4.69, 9.17) is 23.7 Å². The van der Waals surface area contributed by atoms with Crippen molar-refractivity contribution in [3.8, 4) is 29.0 Å². The van der Waals surface area contributed by atoms with Gasteiger partial charge >= 0.3 is 11.2 Å². The second-order valence-corrected chi connectivity index (χ2v) is 10.9. The first-order valence-corrected chi connectivity index (χ1v) is 14.9. The van der Waals surface area contributed by atoms with Gasteiger partial charge in [0.25, 0.3) is 0 Å². The minimum Gasteiger partial charge on any atom is -0.493 e. The van der Waals surface area contributed by atoms with Crippen molar-refractivity contribution in [1.29, 1.82) is 0 Å². The Balaban J connectivity index is 1.78. The SMILES string of the molecule is COc1ccc(/C=C/c2cc(/C=C/c3ccc(OC)c(OC)c3)nc(OCCCCSC(N(C)C)=[N+](C)C)n2)cc1OC. The summed E-state index contributed by atoms with van der Waals surface area (Å²) in [6.07, 6.45) is 9.71. The molecule has 0 saturated heterocycles. The van der Waals surface area contributed by atoms with Crippen LogP contribution in [0.4, 0.5) is 0 Å². The van der Waals surface area contributed by atoms with E-state index < -0.39 is 0 Å². The first kappa shape index (κ1) is 33.3. The van der Waals surface area contributed by atoms with Crippen LogP contribution in [0.5, 0.6) is 29.0 Å². The predicted octanol–water partition coefficient (Wildman–Crippen LogP) is 5.93. The van der Waals surface area contributed by atoms with Gasteiger partial charge in [0, 0.05) is 5.75 Å². The summed E-state index contributed by atoms with van der Waals surface area (Å²) < 4.78 is 29.8. The molecule has 1 aromatic heterocycles. The van der Waals surface area contributed by atoms with Crippen LogP contribution in [-0.4, -0.2) is 93.6 Å². The van der Waals surface area contributed by atoms with Crippen molar-refractivity contribution >= 4 is 41.2 Å². The molecule has 1 heterocycles. The fourth-order valence-corrected chi connectivity index (χ4v) is 5.21. The molecule has 0 aliphatic carbocycles. The molecule has 10 heteroatoms. The number of hydrogen-bond donors (Lipinski definition) is 0. The molecular weight excluding hydrogens is 564 g/mol. The molecule has 9 nitrogen and oxygen atoms in total. The lowest BCUT2D eigenvalue weighted by molar-refractivity contribution is -0.466. The molecule has 0 amide bonds. The molecule has 0 aliphatic heterocycles. The number of rotatable bonds is 14. The second kappa shape index (κ2) is 17.1. The van der Waals surface area contributed by atoms with E-state index in [9.17, 15) is 0 Å². The molecule has 43 heavy (non-hydrogen) atoms. The molecule has 0 bridgehead atoms. The summed E-state index contributed by atoms with van der Waals surface area (Å²) in [5.74, 6) is 3.68. The minimum atomic E-state index is 0.336. The van der Waals surface area contributed by atoms with Crippen molar-refractivity contribution in [2.75, 3.05) is 69.0 Å². The number of benzene rings is 2. The molecule has 230 valence electrons. The van der Waals surface area contributed by atoms with E-state index in [1.165, 1.54) is 5.17 Å².